The highest BCUT2D eigenvalue weighted by Gasteiger charge is 2.42. The van der Waals surface area contributed by atoms with Crippen molar-refractivity contribution in [2.45, 2.75) is 18.7 Å². The molecule has 0 unspecified atom stereocenters. The van der Waals surface area contributed by atoms with Crippen molar-refractivity contribution in [3.8, 4) is 34.5 Å². The Bertz CT molecular complexity index is 1230. The second-order valence-electron chi connectivity index (χ2n) is 8.18. The number of nitrogens with zero attached hydrogens (tertiary/aromatic N) is 2. The minimum Gasteiger partial charge on any atom is -0.497 e. The molecular formula is C27H28N2O6. The Morgan fingerprint density at radius 3 is 2.09 bits per heavy atom. The van der Waals surface area contributed by atoms with Crippen molar-refractivity contribution in [2.75, 3.05) is 35.5 Å². The molecule has 0 saturated heterocycles. The number of hydrogen-bond donors (Lipinski definition) is 0. The van der Waals surface area contributed by atoms with E-state index in [0.29, 0.717) is 28.7 Å². The van der Waals surface area contributed by atoms with Crippen molar-refractivity contribution in [2.24, 2.45) is 5.10 Å². The van der Waals surface area contributed by atoms with Gasteiger partial charge in [0.05, 0.1) is 47.3 Å². The fourth-order valence-electron chi connectivity index (χ4n) is 4.67. The van der Waals surface area contributed by atoms with Crippen LogP contribution in [0, 0.1) is 0 Å². The van der Waals surface area contributed by atoms with E-state index >= 15 is 0 Å². The van der Waals surface area contributed by atoms with Gasteiger partial charge in [-0.1, -0.05) is 12.1 Å². The molecule has 0 N–H and O–H groups in total. The fourth-order valence-corrected chi connectivity index (χ4v) is 4.67. The van der Waals surface area contributed by atoms with Crippen LogP contribution in [0.15, 0.2) is 59.7 Å². The largest absolute Gasteiger partial charge is 0.497 e. The molecule has 0 fully saturated rings. The number of para-hydroxylation sites is 1. The summed E-state index contributed by atoms with van der Waals surface area (Å²) in [6.07, 6.45) is 0.185. The van der Waals surface area contributed by atoms with E-state index in [4.69, 9.17) is 33.5 Å². The maximum atomic E-state index is 6.57. The van der Waals surface area contributed by atoms with Gasteiger partial charge in [-0.25, -0.2) is 5.01 Å². The SMILES string of the molecule is COc1ccc(C2=NN3[C@@H](c4cc(OC)c(OC)c(OC)c4)Oc4c(OC)cccc4[C@@H]3C2)cc1. The molecule has 0 aliphatic carbocycles. The number of fused-ring (bicyclic) bond motifs is 3. The quantitative estimate of drug-likeness (QED) is 0.477. The minimum absolute atomic E-state index is 0.0324. The smallest absolute Gasteiger partial charge is 0.214 e. The van der Waals surface area contributed by atoms with Gasteiger partial charge in [0.2, 0.25) is 12.0 Å². The van der Waals surface area contributed by atoms with Crippen molar-refractivity contribution in [3.05, 3.63) is 71.3 Å². The van der Waals surface area contributed by atoms with E-state index in [0.717, 1.165) is 34.6 Å². The average Bonchev–Trinajstić information content (AvgIpc) is 3.37. The van der Waals surface area contributed by atoms with Crippen molar-refractivity contribution < 1.29 is 28.4 Å². The third-order valence-corrected chi connectivity index (χ3v) is 6.40. The topological polar surface area (TPSA) is 71.0 Å². The lowest BCUT2D eigenvalue weighted by molar-refractivity contribution is -0.0211. The van der Waals surface area contributed by atoms with Gasteiger partial charge in [0, 0.05) is 17.5 Å². The van der Waals surface area contributed by atoms with E-state index in [2.05, 4.69) is 6.07 Å². The van der Waals surface area contributed by atoms with Gasteiger partial charge in [-0.2, -0.15) is 5.10 Å². The summed E-state index contributed by atoms with van der Waals surface area (Å²) in [5, 5.41) is 7.03. The molecule has 2 aliphatic heterocycles. The highest BCUT2D eigenvalue weighted by atomic mass is 16.5. The second-order valence-corrected chi connectivity index (χ2v) is 8.18. The molecule has 0 bridgehead atoms. The highest BCUT2D eigenvalue weighted by Crippen LogP contribution is 2.52. The predicted molar refractivity (Wildman–Crippen MR) is 131 cm³/mol. The van der Waals surface area contributed by atoms with Crippen LogP contribution in [0.2, 0.25) is 0 Å². The van der Waals surface area contributed by atoms with E-state index in [1.165, 1.54) is 0 Å². The molecule has 0 amide bonds. The summed E-state index contributed by atoms with van der Waals surface area (Å²) >= 11 is 0. The first-order chi connectivity index (χ1) is 17.1. The number of rotatable bonds is 7. The lowest BCUT2D eigenvalue weighted by Gasteiger charge is -2.38. The molecule has 2 aliphatic rings. The van der Waals surface area contributed by atoms with Gasteiger partial charge in [0.1, 0.15) is 5.75 Å². The standard InChI is InChI=1S/C27H28N2O6/c1-30-18-11-9-16(10-12-18)20-15-21-19-7-6-8-22(31-2)25(19)35-27(29(21)28-20)17-13-23(32-3)26(34-5)24(14-17)33-4/h6-14,21,27H,15H2,1-5H3/t21-,27+/m0/s1. The molecule has 3 aromatic rings. The van der Waals surface area contributed by atoms with Crippen molar-refractivity contribution in [3.63, 3.8) is 0 Å². The van der Waals surface area contributed by atoms with E-state index in [-0.39, 0.29) is 6.04 Å². The summed E-state index contributed by atoms with van der Waals surface area (Å²) in [7, 11) is 8.08. The molecule has 5 rings (SSSR count). The first kappa shape index (κ1) is 22.7. The molecule has 0 radical (unpaired) electrons. The molecule has 3 aromatic carbocycles. The number of methoxy groups -OCH3 is 5. The van der Waals surface area contributed by atoms with Gasteiger partial charge in [-0.05, 0) is 48.0 Å². The lowest BCUT2D eigenvalue weighted by atomic mass is 9.95. The molecule has 0 spiro atoms. The van der Waals surface area contributed by atoms with Crippen LogP contribution in [0.5, 0.6) is 34.5 Å². The summed E-state index contributed by atoms with van der Waals surface area (Å²) in [5.74, 6) is 3.81. The Morgan fingerprint density at radius 1 is 0.800 bits per heavy atom. The van der Waals surface area contributed by atoms with Crippen LogP contribution in [-0.4, -0.2) is 46.3 Å². The summed E-state index contributed by atoms with van der Waals surface area (Å²) in [4.78, 5) is 0. The second kappa shape index (κ2) is 9.29. The van der Waals surface area contributed by atoms with Crippen LogP contribution in [-0.2, 0) is 0 Å². The van der Waals surface area contributed by atoms with Crippen LogP contribution < -0.4 is 28.4 Å². The van der Waals surface area contributed by atoms with Crippen molar-refractivity contribution >= 4 is 5.71 Å². The van der Waals surface area contributed by atoms with Crippen LogP contribution in [0.3, 0.4) is 0 Å². The minimum atomic E-state index is -0.534. The van der Waals surface area contributed by atoms with Crippen LogP contribution >= 0.6 is 0 Å². The third-order valence-electron chi connectivity index (χ3n) is 6.40. The first-order valence-corrected chi connectivity index (χ1v) is 11.3. The first-order valence-electron chi connectivity index (χ1n) is 11.3. The monoisotopic (exact) mass is 476 g/mol. The maximum Gasteiger partial charge on any atom is 0.214 e. The van der Waals surface area contributed by atoms with Crippen molar-refractivity contribution in [1.29, 1.82) is 0 Å². The van der Waals surface area contributed by atoms with Gasteiger partial charge in [0.15, 0.2) is 23.0 Å². The predicted octanol–water partition coefficient (Wildman–Crippen LogP) is 4.97. The highest BCUT2D eigenvalue weighted by molar-refractivity contribution is 6.02. The molecule has 8 nitrogen and oxygen atoms in total. The summed E-state index contributed by atoms with van der Waals surface area (Å²) < 4.78 is 34.2. The zero-order chi connectivity index (χ0) is 24.5. The van der Waals surface area contributed by atoms with Gasteiger partial charge in [-0.15, -0.1) is 0 Å². The third kappa shape index (κ3) is 3.84. The molecule has 35 heavy (non-hydrogen) atoms. The van der Waals surface area contributed by atoms with Gasteiger partial charge in [0.25, 0.3) is 0 Å². The summed E-state index contributed by atoms with van der Waals surface area (Å²) in [5.41, 5.74) is 3.85. The van der Waals surface area contributed by atoms with E-state index in [1.54, 1.807) is 35.5 Å². The Morgan fingerprint density at radius 2 is 1.49 bits per heavy atom. The van der Waals surface area contributed by atoms with E-state index in [1.807, 2.05) is 53.5 Å². The number of ether oxygens (including phenoxy) is 6. The fraction of sp³-hybridized carbons (Fsp3) is 0.296. The Balaban J connectivity index is 1.63. The Kier molecular flexibility index (Phi) is 6.03. The van der Waals surface area contributed by atoms with Gasteiger partial charge >= 0.3 is 0 Å². The zero-order valence-electron chi connectivity index (χ0n) is 20.4. The summed E-state index contributed by atoms with van der Waals surface area (Å²) in [6, 6.07) is 17.6. The van der Waals surface area contributed by atoms with Crippen molar-refractivity contribution in [1.82, 2.24) is 5.01 Å². The Hall–Kier alpha value is -4.07. The van der Waals surface area contributed by atoms with Gasteiger partial charge in [-0.3, -0.25) is 0 Å². The zero-order valence-corrected chi connectivity index (χ0v) is 20.4. The number of hydrazone groups is 1. The maximum absolute atomic E-state index is 6.57. The van der Waals surface area contributed by atoms with Crippen LogP contribution in [0.1, 0.15) is 35.4 Å². The molecule has 2 heterocycles. The molecule has 2 atom stereocenters. The molecule has 8 heteroatoms. The Labute approximate surface area is 204 Å². The van der Waals surface area contributed by atoms with E-state index in [9.17, 15) is 0 Å². The number of hydrogen-bond acceptors (Lipinski definition) is 8. The molecule has 0 aromatic heterocycles. The number of benzene rings is 3. The van der Waals surface area contributed by atoms with Crippen LogP contribution in [0.25, 0.3) is 0 Å². The summed E-state index contributed by atoms with van der Waals surface area (Å²) in [6.45, 7) is 0. The molecule has 182 valence electrons. The lowest BCUT2D eigenvalue weighted by Crippen LogP contribution is -2.34. The van der Waals surface area contributed by atoms with E-state index < -0.39 is 6.23 Å². The average molecular weight is 477 g/mol. The normalized spacial score (nSPS) is 18.1. The molecular weight excluding hydrogens is 448 g/mol. The van der Waals surface area contributed by atoms with Gasteiger partial charge < -0.3 is 28.4 Å². The molecule has 0 saturated carbocycles. The van der Waals surface area contributed by atoms with Crippen LogP contribution in [0.4, 0.5) is 0 Å².